The lowest BCUT2D eigenvalue weighted by molar-refractivity contribution is -0.136. The van der Waals surface area contributed by atoms with Crippen molar-refractivity contribution in [2.75, 3.05) is 23.7 Å². The molecule has 26 heavy (non-hydrogen) atoms. The molecule has 2 heterocycles. The summed E-state index contributed by atoms with van der Waals surface area (Å²) in [5.41, 5.74) is 2.00. The van der Waals surface area contributed by atoms with Crippen molar-refractivity contribution in [2.45, 2.75) is 37.5 Å². The number of nitrogens with one attached hydrogen (secondary N) is 3. The van der Waals surface area contributed by atoms with Crippen molar-refractivity contribution in [3.63, 3.8) is 0 Å². The Morgan fingerprint density at radius 1 is 1.15 bits per heavy atom. The molecule has 6 heteroatoms. The fraction of sp³-hybridized carbons (Fsp3) is 0.400. The standard InChI is InChI=1S/C20H22F3N3/c1-12(13-5-3-2-4-6-13)25-14-9-15-16-11-24-8-7-18(16)26-19(15)17(10-14)20(21,22)23/h2-6,9-10,12,16,18,24-26H,7-8,11H2,1H3/t12?,16-,18-/m1/s1. The smallest absolute Gasteiger partial charge is 0.381 e. The van der Waals surface area contributed by atoms with Gasteiger partial charge in [-0.1, -0.05) is 30.3 Å². The van der Waals surface area contributed by atoms with E-state index in [-0.39, 0.29) is 23.7 Å². The van der Waals surface area contributed by atoms with Gasteiger partial charge in [0.15, 0.2) is 0 Å². The van der Waals surface area contributed by atoms with Gasteiger partial charge in [-0.25, -0.2) is 0 Å². The predicted molar refractivity (Wildman–Crippen MR) is 97.6 cm³/mol. The Bertz CT molecular complexity index is 789. The van der Waals surface area contributed by atoms with Crippen LogP contribution in [0.1, 0.15) is 42.0 Å². The van der Waals surface area contributed by atoms with E-state index < -0.39 is 11.7 Å². The van der Waals surface area contributed by atoms with E-state index in [1.54, 1.807) is 0 Å². The van der Waals surface area contributed by atoms with Crippen molar-refractivity contribution in [3.8, 4) is 0 Å². The van der Waals surface area contributed by atoms with Crippen LogP contribution in [0.25, 0.3) is 0 Å². The molecule has 0 saturated carbocycles. The summed E-state index contributed by atoms with van der Waals surface area (Å²) < 4.78 is 41.0. The fourth-order valence-electron chi connectivity index (χ4n) is 4.04. The first-order chi connectivity index (χ1) is 12.4. The van der Waals surface area contributed by atoms with E-state index in [1.807, 2.05) is 43.3 Å². The summed E-state index contributed by atoms with van der Waals surface area (Å²) in [4.78, 5) is 0. The van der Waals surface area contributed by atoms with E-state index in [1.165, 1.54) is 6.07 Å². The number of halogens is 3. The van der Waals surface area contributed by atoms with E-state index in [9.17, 15) is 13.2 Å². The summed E-state index contributed by atoms with van der Waals surface area (Å²) in [6.07, 6.45) is -3.55. The van der Waals surface area contributed by atoms with Crippen molar-refractivity contribution < 1.29 is 13.2 Å². The van der Waals surface area contributed by atoms with Crippen molar-refractivity contribution >= 4 is 11.4 Å². The molecule has 3 atom stereocenters. The second-order valence-electron chi connectivity index (χ2n) is 7.11. The minimum Gasteiger partial charge on any atom is -0.381 e. The highest BCUT2D eigenvalue weighted by Crippen LogP contribution is 2.47. The lowest BCUT2D eigenvalue weighted by Gasteiger charge is -2.26. The van der Waals surface area contributed by atoms with Gasteiger partial charge >= 0.3 is 6.18 Å². The quantitative estimate of drug-likeness (QED) is 0.738. The lowest BCUT2D eigenvalue weighted by Crippen LogP contribution is -2.38. The molecule has 0 amide bonds. The minimum atomic E-state index is -4.38. The van der Waals surface area contributed by atoms with Gasteiger partial charge in [0, 0.05) is 30.2 Å². The maximum absolute atomic E-state index is 13.7. The van der Waals surface area contributed by atoms with Gasteiger partial charge < -0.3 is 16.0 Å². The normalized spacial score (nSPS) is 22.9. The second-order valence-corrected chi connectivity index (χ2v) is 7.11. The molecule has 1 saturated heterocycles. The van der Waals surface area contributed by atoms with Crippen LogP contribution in [0.15, 0.2) is 42.5 Å². The van der Waals surface area contributed by atoms with Gasteiger partial charge in [-0.05, 0) is 43.1 Å². The predicted octanol–water partition coefficient (Wildman–Crippen LogP) is 4.75. The molecule has 1 fully saturated rings. The zero-order valence-corrected chi connectivity index (χ0v) is 14.5. The van der Waals surface area contributed by atoms with Crippen LogP contribution in [-0.4, -0.2) is 19.1 Å². The first kappa shape index (κ1) is 17.2. The average molecular weight is 361 g/mol. The first-order valence-electron chi connectivity index (χ1n) is 8.97. The summed E-state index contributed by atoms with van der Waals surface area (Å²) in [6.45, 7) is 3.50. The van der Waals surface area contributed by atoms with E-state index in [0.29, 0.717) is 12.2 Å². The Hall–Kier alpha value is -2.21. The summed E-state index contributed by atoms with van der Waals surface area (Å²) in [6, 6.07) is 12.8. The second kappa shape index (κ2) is 6.50. The highest BCUT2D eigenvalue weighted by Gasteiger charge is 2.42. The first-order valence-corrected chi connectivity index (χ1v) is 8.97. The van der Waals surface area contributed by atoms with Crippen molar-refractivity contribution in [3.05, 3.63) is 59.2 Å². The van der Waals surface area contributed by atoms with Crippen LogP contribution in [0, 0.1) is 0 Å². The third-order valence-electron chi connectivity index (χ3n) is 5.37. The van der Waals surface area contributed by atoms with E-state index >= 15 is 0 Å². The zero-order chi connectivity index (χ0) is 18.3. The van der Waals surface area contributed by atoms with Crippen LogP contribution in [-0.2, 0) is 6.18 Å². The molecule has 1 unspecified atom stereocenters. The molecule has 3 nitrogen and oxygen atoms in total. The van der Waals surface area contributed by atoms with E-state index in [2.05, 4.69) is 16.0 Å². The molecule has 2 aliphatic rings. The molecule has 0 spiro atoms. The SMILES string of the molecule is CC(Nc1cc2c(c(C(F)(F)F)c1)N[C@@H]1CCNC[C@H]21)c1ccccc1. The van der Waals surface area contributed by atoms with Gasteiger partial charge in [-0.3, -0.25) is 0 Å². The van der Waals surface area contributed by atoms with Crippen LogP contribution >= 0.6 is 0 Å². The molecule has 3 N–H and O–H groups in total. The van der Waals surface area contributed by atoms with Gasteiger partial charge in [0.1, 0.15) is 0 Å². The van der Waals surface area contributed by atoms with Crippen molar-refractivity contribution in [2.24, 2.45) is 0 Å². The van der Waals surface area contributed by atoms with Crippen LogP contribution in [0.4, 0.5) is 24.5 Å². The fourth-order valence-corrected chi connectivity index (χ4v) is 4.04. The average Bonchev–Trinajstić information content (AvgIpc) is 2.99. The van der Waals surface area contributed by atoms with Crippen LogP contribution in [0.5, 0.6) is 0 Å². The number of benzene rings is 2. The molecule has 2 aromatic carbocycles. The molecule has 0 aliphatic carbocycles. The largest absolute Gasteiger partial charge is 0.418 e. The van der Waals surface area contributed by atoms with Gasteiger partial charge in [0.25, 0.3) is 0 Å². The number of piperidine rings is 1. The zero-order valence-electron chi connectivity index (χ0n) is 14.5. The minimum absolute atomic E-state index is 0.0774. The Labute approximate surface area is 151 Å². The molecular weight excluding hydrogens is 339 g/mol. The third-order valence-corrected chi connectivity index (χ3v) is 5.37. The molecule has 2 aromatic rings. The summed E-state index contributed by atoms with van der Waals surface area (Å²) in [5, 5.41) is 9.68. The topological polar surface area (TPSA) is 36.1 Å². The number of hydrogen-bond acceptors (Lipinski definition) is 3. The number of rotatable bonds is 3. The van der Waals surface area contributed by atoms with Crippen molar-refractivity contribution in [1.29, 1.82) is 0 Å². The van der Waals surface area contributed by atoms with Crippen molar-refractivity contribution in [1.82, 2.24) is 5.32 Å². The Morgan fingerprint density at radius 3 is 2.65 bits per heavy atom. The molecule has 4 rings (SSSR count). The van der Waals surface area contributed by atoms with E-state index in [4.69, 9.17) is 0 Å². The number of hydrogen-bond donors (Lipinski definition) is 3. The Balaban J connectivity index is 1.71. The van der Waals surface area contributed by atoms with Gasteiger partial charge in [0.05, 0.1) is 11.3 Å². The molecule has 2 aliphatic heterocycles. The maximum Gasteiger partial charge on any atom is 0.418 e. The molecule has 138 valence electrons. The number of anilines is 2. The molecular formula is C20H22F3N3. The summed E-state index contributed by atoms with van der Waals surface area (Å²) in [7, 11) is 0. The van der Waals surface area contributed by atoms with Gasteiger partial charge in [-0.15, -0.1) is 0 Å². The Morgan fingerprint density at radius 2 is 1.92 bits per heavy atom. The number of fused-ring (bicyclic) bond motifs is 3. The summed E-state index contributed by atoms with van der Waals surface area (Å²) >= 11 is 0. The third kappa shape index (κ3) is 3.14. The van der Waals surface area contributed by atoms with E-state index in [0.717, 1.165) is 24.1 Å². The van der Waals surface area contributed by atoms with Crippen LogP contribution in [0.2, 0.25) is 0 Å². The lowest BCUT2D eigenvalue weighted by atomic mass is 9.89. The molecule has 0 bridgehead atoms. The van der Waals surface area contributed by atoms with Crippen LogP contribution in [0.3, 0.4) is 0 Å². The monoisotopic (exact) mass is 361 g/mol. The van der Waals surface area contributed by atoms with Gasteiger partial charge in [0.2, 0.25) is 0 Å². The maximum atomic E-state index is 13.7. The van der Waals surface area contributed by atoms with Crippen LogP contribution < -0.4 is 16.0 Å². The molecule has 0 aromatic heterocycles. The molecule has 0 radical (unpaired) electrons. The highest BCUT2D eigenvalue weighted by molar-refractivity contribution is 5.71. The Kier molecular flexibility index (Phi) is 4.31. The summed E-state index contributed by atoms with van der Waals surface area (Å²) in [5.74, 6) is 0.0774. The number of alkyl halides is 3. The highest BCUT2D eigenvalue weighted by atomic mass is 19.4. The van der Waals surface area contributed by atoms with Gasteiger partial charge in [-0.2, -0.15) is 13.2 Å².